The van der Waals surface area contributed by atoms with Crippen LogP contribution in [0, 0.1) is 0 Å². The van der Waals surface area contributed by atoms with Gasteiger partial charge in [-0.15, -0.1) is 0 Å². The average Bonchev–Trinajstić information content (AvgIpc) is 2.47. The minimum Gasteiger partial charge on any atom is -0.508 e. The van der Waals surface area contributed by atoms with Gasteiger partial charge in [-0.25, -0.2) is 0 Å². The van der Waals surface area contributed by atoms with E-state index in [4.69, 9.17) is 5.11 Å². The van der Waals surface area contributed by atoms with Crippen LogP contribution in [0.25, 0.3) is 0 Å². The van der Waals surface area contributed by atoms with Gasteiger partial charge in [0.2, 0.25) is 0 Å². The molecule has 0 saturated carbocycles. The van der Waals surface area contributed by atoms with Gasteiger partial charge in [0.15, 0.2) is 6.04 Å². The molecule has 0 aliphatic carbocycles. The number of benzene rings is 1. The van der Waals surface area contributed by atoms with Gasteiger partial charge in [-0.2, -0.15) is 0 Å². The molecule has 15 heavy (non-hydrogen) atoms. The Hall–Kier alpha value is -1.84. The summed E-state index contributed by atoms with van der Waals surface area (Å²) in [7, 11) is 1.71. The Bertz CT molecular complexity index is 423. The van der Waals surface area contributed by atoms with Crippen molar-refractivity contribution in [2.75, 3.05) is 7.05 Å². The quantitative estimate of drug-likeness (QED) is 0.750. The molecule has 0 spiro atoms. The highest BCUT2D eigenvalue weighted by molar-refractivity contribution is 6.04. The van der Waals surface area contributed by atoms with Gasteiger partial charge in [-0.05, 0) is 24.6 Å². The lowest BCUT2D eigenvalue weighted by Gasteiger charge is -2.10. The van der Waals surface area contributed by atoms with Crippen LogP contribution in [0.1, 0.15) is 18.5 Å². The van der Waals surface area contributed by atoms with Gasteiger partial charge in [-0.3, -0.25) is 9.79 Å². The third-order valence-corrected chi connectivity index (χ3v) is 2.57. The number of nitrogens with zero attached hydrogens (tertiary/aromatic N) is 2. The van der Waals surface area contributed by atoms with Crippen LogP contribution < -0.4 is 0 Å². The summed E-state index contributed by atoms with van der Waals surface area (Å²) in [6.45, 7) is 1.80. The highest BCUT2D eigenvalue weighted by Gasteiger charge is 2.30. The van der Waals surface area contributed by atoms with Crippen molar-refractivity contribution in [1.82, 2.24) is 4.90 Å². The number of likely N-dealkylation sites (N-methyl/N-ethyl adjacent to an activating group) is 1. The molecule has 1 unspecified atom stereocenters. The molecule has 0 aromatic heterocycles. The van der Waals surface area contributed by atoms with E-state index >= 15 is 0 Å². The van der Waals surface area contributed by atoms with Crippen molar-refractivity contribution in [2.45, 2.75) is 13.0 Å². The topological polar surface area (TPSA) is 52.9 Å². The van der Waals surface area contributed by atoms with E-state index in [2.05, 4.69) is 4.99 Å². The summed E-state index contributed by atoms with van der Waals surface area (Å²) < 4.78 is 0. The Labute approximate surface area is 87.9 Å². The van der Waals surface area contributed by atoms with Crippen molar-refractivity contribution >= 4 is 11.7 Å². The number of rotatable bonds is 1. The predicted octanol–water partition coefficient (Wildman–Crippen LogP) is 1.32. The molecule has 0 radical (unpaired) electrons. The molecule has 78 valence electrons. The summed E-state index contributed by atoms with van der Waals surface area (Å²) in [6.07, 6.45) is 0. The van der Waals surface area contributed by atoms with Crippen LogP contribution in [0.4, 0.5) is 0 Å². The zero-order valence-electron chi connectivity index (χ0n) is 8.64. The Morgan fingerprint density at radius 2 is 1.93 bits per heavy atom. The fourth-order valence-electron chi connectivity index (χ4n) is 1.55. The molecule has 1 aliphatic heterocycles. The van der Waals surface area contributed by atoms with Gasteiger partial charge in [0.25, 0.3) is 5.91 Å². The number of hydrogen-bond donors (Lipinski definition) is 1. The zero-order valence-corrected chi connectivity index (χ0v) is 8.64. The van der Waals surface area contributed by atoms with Crippen LogP contribution in [0.5, 0.6) is 5.75 Å². The molecule has 2 rings (SSSR count). The standard InChI is InChI=1S/C11H12N2O2/c1-7-12-10(11(15)13(7)2)8-3-5-9(14)6-4-8/h3-6,10,14H,1-2H3. The summed E-state index contributed by atoms with van der Waals surface area (Å²) in [6, 6.07) is 6.11. The van der Waals surface area contributed by atoms with Gasteiger partial charge in [-0.1, -0.05) is 12.1 Å². The number of phenols is 1. The van der Waals surface area contributed by atoms with Crippen LogP contribution in [0.15, 0.2) is 29.3 Å². The van der Waals surface area contributed by atoms with Crippen LogP contribution in [0.2, 0.25) is 0 Å². The molecule has 4 nitrogen and oxygen atoms in total. The normalized spacial score (nSPS) is 20.7. The second kappa shape index (κ2) is 3.38. The molecule has 0 bridgehead atoms. The highest BCUT2D eigenvalue weighted by Crippen LogP contribution is 2.26. The Morgan fingerprint density at radius 1 is 1.33 bits per heavy atom. The first-order valence-electron chi connectivity index (χ1n) is 4.70. The van der Waals surface area contributed by atoms with E-state index in [1.54, 1.807) is 38.2 Å². The zero-order chi connectivity index (χ0) is 11.0. The van der Waals surface area contributed by atoms with Crippen molar-refractivity contribution in [2.24, 2.45) is 4.99 Å². The monoisotopic (exact) mass is 204 g/mol. The highest BCUT2D eigenvalue weighted by atomic mass is 16.3. The molecule has 0 saturated heterocycles. The summed E-state index contributed by atoms with van der Waals surface area (Å²) >= 11 is 0. The third-order valence-electron chi connectivity index (χ3n) is 2.57. The van der Waals surface area contributed by atoms with Crippen molar-refractivity contribution in [3.8, 4) is 5.75 Å². The number of aromatic hydroxyl groups is 1. The third kappa shape index (κ3) is 1.58. The largest absolute Gasteiger partial charge is 0.508 e. The van der Waals surface area contributed by atoms with Crippen LogP contribution in [-0.2, 0) is 4.79 Å². The first-order chi connectivity index (χ1) is 7.09. The second-order valence-corrected chi connectivity index (χ2v) is 3.57. The lowest BCUT2D eigenvalue weighted by atomic mass is 10.1. The number of aliphatic imine (C=N–C) groups is 1. The number of phenolic OH excluding ortho intramolecular Hbond substituents is 1. The maximum absolute atomic E-state index is 11.7. The van der Waals surface area contributed by atoms with Gasteiger partial charge in [0.05, 0.1) is 0 Å². The average molecular weight is 204 g/mol. The van der Waals surface area contributed by atoms with Crippen molar-refractivity contribution in [1.29, 1.82) is 0 Å². The second-order valence-electron chi connectivity index (χ2n) is 3.57. The molecule has 1 amide bonds. The molecule has 1 atom stereocenters. The first-order valence-corrected chi connectivity index (χ1v) is 4.70. The first kappa shape index (κ1) is 9.71. The van der Waals surface area contributed by atoms with Crippen molar-refractivity contribution < 1.29 is 9.90 Å². The van der Waals surface area contributed by atoms with E-state index in [9.17, 15) is 4.79 Å². The molecule has 4 heteroatoms. The summed E-state index contributed by atoms with van der Waals surface area (Å²) in [5.74, 6) is 0.884. The number of amidine groups is 1. The minimum absolute atomic E-state index is 0.0295. The molecule has 1 N–H and O–H groups in total. The molecular weight excluding hydrogens is 192 g/mol. The van der Waals surface area contributed by atoms with E-state index < -0.39 is 6.04 Å². The molecule has 0 fully saturated rings. The summed E-state index contributed by atoms with van der Waals surface area (Å²) in [4.78, 5) is 17.6. The number of amides is 1. The Morgan fingerprint density at radius 3 is 2.40 bits per heavy atom. The molecule has 1 aliphatic rings. The van der Waals surface area contributed by atoms with Gasteiger partial charge in [0, 0.05) is 7.05 Å². The predicted molar refractivity (Wildman–Crippen MR) is 56.7 cm³/mol. The molecular formula is C11H12N2O2. The van der Waals surface area contributed by atoms with Crippen molar-refractivity contribution in [3.05, 3.63) is 29.8 Å². The minimum atomic E-state index is -0.449. The summed E-state index contributed by atoms with van der Waals surface area (Å²) in [5, 5.41) is 9.14. The smallest absolute Gasteiger partial charge is 0.257 e. The maximum atomic E-state index is 11.7. The van der Waals surface area contributed by atoms with E-state index in [0.717, 1.165) is 11.4 Å². The van der Waals surface area contributed by atoms with E-state index in [1.807, 2.05) is 0 Å². The lowest BCUT2D eigenvalue weighted by molar-refractivity contribution is -0.126. The van der Waals surface area contributed by atoms with E-state index in [-0.39, 0.29) is 11.7 Å². The SMILES string of the molecule is CC1=NC(c2ccc(O)cc2)C(=O)N1C. The number of carbonyl (C=O) groups is 1. The summed E-state index contributed by atoms with van der Waals surface area (Å²) in [5.41, 5.74) is 0.807. The maximum Gasteiger partial charge on any atom is 0.257 e. The molecule has 1 aromatic carbocycles. The van der Waals surface area contributed by atoms with Crippen LogP contribution >= 0.6 is 0 Å². The van der Waals surface area contributed by atoms with Crippen LogP contribution in [-0.4, -0.2) is 28.8 Å². The van der Waals surface area contributed by atoms with Gasteiger partial charge in [0.1, 0.15) is 11.6 Å². The van der Waals surface area contributed by atoms with Crippen LogP contribution in [0.3, 0.4) is 0 Å². The molecule has 1 heterocycles. The van der Waals surface area contributed by atoms with E-state index in [0.29, 0.717) is 0 Å². The van der Waals surface area contributed by atoms with Gasteiger partial charge < -0.3 is 10.0 Å². The fraction of sp³-hybridized carbons (Fsp3) is 0.273. The number of carbonyl (C=O) groups excluding carboxylic acids is 1. The number of hydrogen-bond acceptors (Lipinski definition) is 3. The lowest BCUT2D eigenvalue weighted by Crippen LogP contribution is -2.27. The Balaban J connectivity index is 2.33. The Kier molecular flexibility index (Phi) is 2.19. The fourth-order valence-corrected chi connectivity index (χ4v) is 1.55. The van der Waals surface area contributed by atoms with E-state index in [1.165, 1.54) is 4.90 Å². The van der Waals surface area contributed by atoms with Crippen molar-refractivity contribution in [3.63, 3.8) is 0 Å². The molecule has 1 aromatic rings. The van der Waals surface area contributed by atoms with Gasteiger partial charge >= 0.3 is 0 Å².